The molecule has 150 valence electrons. The molecule has 7 nitrogen and oxygen atoms in total. The number of carbonyl (C=O) groups excluding carboxylic acids is 1. The van der Waals surface area contributed by atoms with Crippen molar-refractivity contribution in [1.82, 2.24) is 5.32 Å². The van der Waals surface area contributed by atoms with Gasteiger partial charge >= 0.3 is 0 Å². The van der Waals surface area contributed by atoms with Crippen molar-refractivity contribution in [3.05, 3.63) is 54.1 Å². The summed E-state index contributed by atoms with van der Waals surface area (Å²) in [6.07, 6.45) is 1.56. The summed E-state index contributed by atoms with van der Waals surface area (Å²) in [5.41, 5.74) is 0.798. The van der Waals surface area contributed by atoms with E-state index < -0.39 is 15.4 Å². The minimum absolute atomic E-state index is 0.0192. The fourth-order valence-electron chi connectivity index (χ4n) is 3.05. The minimum atomic E-state index is -3.73. The quantitative estimate of drug-likeness (QED) is 0.626. The number of carbonyl (C=O) groups is 1. The Bertz CT molecular complexity index is 937. The summed E-state index contributed by atoms with van der Waals surface area (Å²) in [6, 6.07) is 13.2. The van der Waals surface area contributed by atoms with Crippen LogP contribution in [0.3, 0.4) is 0 Å². The monoisotopic (exact) mass is 404 g/mol. The molecule has 0 radical (unpaired) electrons. The molecule has 28 heavy (non-hydrogen) atoms. The topological polar surface area (TPSA) is 93.7 Å². The number of amides is 1. The van der Waals surface area contributed by atoms with Gasteiger partial charge in [0.25, 0.3) is 10.0 Å². The van der Waals surface area contributed by atoms with Crippen LogP contribution in [0.1, 0.15) is 18.4 Å². The van der Waals surface area contributed by atoms with E-state index >= 15 is 0 Å². The maximum absolute atomic E-state index is 12.6. The van der Waals surface area contributed by atoms with Gasteiger partial charge in [-0.15, -0.1) is 0 Å². The molecule has 0 heterocycles. The Morgan fingerprint density at radius 2 is 1.82 bits per heavy atom. The number of hydrogen-bond acceptors (Lipinski definition) is 5. The first kappa shape index (κ1) is 20.2. The lowest BCUT2D eigenvalue weighted by Gasteiger charge is -2.16. The van der Waals surface area contributed by atoms with Gasteiger partial charge < -0.3 is 14.8 Å². The second-order valence-corrected chi connectivity index (χ2v) is 8.38. The van der Waals surface area contributed by atoms with Crippen molar-refractivity contribution in [2.75, 3.05) is 32.1 Å². The van der Waals surface area contributed by atoms with Crippen molar-refractivity contribution in [2.24, 2.45) is 0 Å². The first-order chi connectivity index (χ1) is 13.4. The van der Waals surface area contributed by atoms with E-state index in [1.165, 1.54) is 19.2 Å². The third-order valence-corrected chi connectivity index (χ3v) is 6.20. The SMILES string of the molecule is COCCNC(=O)C1(c2ccc(NS(=O)(=O)c3cccc(OC)c3)cc2)CC1. The van der Waals surface area contributed by atoms with Crippen LogP contribution in [0, 0.1) is 0 Å². The third-order valence-electron chi connectivity index (χ3n) is 4.82. The number of rotatable bonds is 9. The molecule has 0 aliphatic heterocycles. The molecule has 2 aromatic rings. The van der Waals surface area contributed by atoms with E-state index in [1.807, 2.05) is 0 Å². The van der Waals surface area contributed by atoms with Crippen LogP contribution in [0.4, 0.5) is 5.69 Å². The van der Waals surface area contributed by atoms with Gasteiger partial charge in [-0.05, 0) is 42.7 Å². The van der Waals surface area contributed by atoms with E-state index in [0.717, 1.165) is 18.4 Å². The average Bonchev–Trinajstić information content (AvgIpc) is 3.50. The van der Waals surface area contributed by atoms with E-state index in [4.69, 9.17) is 9.47 Å². The van der Waals surface area contributed by atoms with Crippen LogP contribution >= 0.6 is 0 Å². The predicted octanol–water partition coefficient (Wildman–Crippen LogP) is 2.29. The van der Waals surface area contributed by atoms with Crippen molar-refractivity contribution in [1.29, 1.82) is 0 Å². The summed E-state index contributed by atoms with van der Waals surface area (Å²) >= 11 is 0. The summed E-state index contributed by atoms with van der Waals surface area (Å²) < 4.78 is 37.7. The molecule has 3 rings (SSSR count). The molecule has 0 saturated heterocycles. The Balaban J connectivity index is 1.71. The molecule has 2 N–H and O–H groups in total. The molecule has 0 bridgehead atoms. The molecular weight excluding hydrogens is 380 g/mol. The second kappa shape index (κ2) is 8.20. The van der Waals surface area contributed by atoms with Crippen molar-refractivity contribution in [3.63, 3.8) is 0 Å². The van der Waals surface area contributed by atoms with Gasteiger partial charge in [-0.1, -0.05) is 18.2 Å². The number of methoxy groups -OCH3 is 2. The van der Waals surface area contributed by atoms with Gasteiger partial charge in [0.15, 0.2) is 0 Å². The number of ether oxygens (including phenoxy) is 2. The highest BCUT2D eigenvalue weighted by Gasteiger charge is 2.51. The lowest BCUT2D eigenvalue weighted by atomic mass is 9.95. The normalized spacial score (nSPS) is 14.9. The van der Waals surface area contributed by atoms with Crippen molar-refractivity contribution in [3.8, 4) is 5.75 Å². The predicted molar refractivity (Wildman–Crippen MR) is 106 cm³/mol. The fourth-order valence-corrected chi connectivity index (χ4v) is 4.14. The molecule has 1 saturated carbocycles. The zero-order chi connectivity index (χ0) is 20.2. The minimum Gasteiger partial charge on any atom is -0.497 e. The Labute approximate surface area is 165 Å². The van der Waals surface area contributed by atoms with Crippen LogP contribution in [0.25, 0.3) is 0 Å². The summed E-state index contributed by atoms with van der Waals surface area (Å²) in [5, 5.41) is 2.88. The van der Waals surface area contributed by atoms with Crippen LogP contribution in [0.5, 0.6) is 5.75 Å². The zero-order valence-electron chi connectivity index (χ0n) is 15.9. The van der Waals surface area contributed by atoms with Crippen LogP contribution in [-0.4, -0.2) is 41.7 Å². The molecule has 1 amide bonds. The molecular formula is C20H24N2O5S. The Kier molecular flexibility index (Phi) is 5.90. The highest BCUT2D eigenvalue weighted by Crippen LogP contribution is 2.48. The summed E-state index contributed by atoms with van der Waals surface area (Å²) in [6.45, 7) is 0.933. The van der Waals surface area contributed by atoms with Crippen molar-refractivity contribution >= 4 is 21.6 Å². The third kappa shape index (κ3) is 4.28. The average molecular weight is 404 g/mol. The number of benzene rings is 2. The number of nitrogens with one attached hydrogen (secondary N) is 2. The molecule has 1 aliphatic carbocycles. The largest absolute Gasteiger partial charge is 0.497 e. The smallest absolute Gasteiger partial charge is 0.262 e. The van der Waals surface area contributed by atoms with Crippen molar-refractivity contribution in [2.45, 2.75) is 23.2 Å². The highest BCUT2D eigenvalue weighted by molar-refractivity contribution is 7.92. The van der Waals surface area contributed by atoms with Gasteiger partial charge in [-0.25, -0.2) is 8.42 Å². The van der Waals surface area contributed by atoms with Crippen LogP contribution < -0.4 is 14.8 Å². The molecule has 0 aromatic heterocycles. The zero-order valence-corrected chi connectivity index (χ0v) is 16.7. The van der Waals surface area contributed by atoms with Crippen LogP contribution in [0.2, 0.25) is 0 Å². The van der Waals surface area contributed by atoms with Gasteiger partial charge in [0.2, 0.25) is 5.91 Å². The van der Waals surface area contributed by atoms with E-state index in [2.05, 4.69) is 10.0 Å². The summed E-state index contributed by atoms with van der Waals surface area (Å²) in [7, 11) is -0.662. The van der Waals surface area contributed by atoms with Gasteiger partial charge in [-0.2, -0.15) is 0 Å². The second-order valence-electron chi connectivity index (χ2n) is 6.69. The molecule has 8 heteroatoms. The van der Waals surface area contributed by atoms with E-state index in [1.54, 1.807) is 43.5 Å². The molecule has 1 aliphatic rings. The maximum Gasteiger partial charge on any atom is 0.262 e. The molecule has 2 aromatic carbocycles. The molecule has 0 atom stereocenters. The molecule has 1 fully saturated rings. The van der Waals surface area contributed by atoms with Crippen LogP contribution in [0.15, 0.2) is 53.4 Å². The number of sulfonamides is 1. The van der Waals surface area contributed by atoms with E-state index in [-0.39, 0.29) is 10.8 Å². The lowest BCUT2D eigenvalue weighted by Crippen LogP contribution is -2.36. The number of anilines is 1. The maximum atomic E-state index is 12.6. The first-order valence-corrected chi connectivity index (χ1v) is 10.4. The van der Waals surface area contributed by atoms with E-state index in [0.29, 0.717) is 24.6 Å². The van der Waals surface area contributed by atoms with E-state index in [9.17, 15) is 13.2 Å². The first-order valence-electron chi connectivity index (χ1n) is 8.96. The number of hydrogen-bond donors (Lipinski definition) is 2. The standard InChI is InChI=1S/C20H24N2O5S/c1-26-13-12-21-19(23)20(10-11-20)15-6-8-16(9-7-15)22-28(24,25)18-5-3-4-17(14-18)27-2/h3-9,14,22H,10-13H2,1-2H3,(H,21,23). The molecule has 0 spiro atoms. The summed E-state index contributed by atoms with van der Waals surface area (Å²) in [4.78, 5) is 12.6. The lowest BCUT2D eigenvalue weighted by molar-refractivity contribution is -0.123. The Morgan fingerprint density at radius 3 is 2.43 bits per heavy atom. The Morgan fingerprint density at radius 1 is 1.11 bits per heavy atom. The van der Waals surface area contributed by atoms with Gasteiger partial charge in [0.05, 0.1) is 24.0 Å². The van der Waals surface area contributed by atoms with Crippen molar-refractivity contribution < 1.29 is 22.7 Å². The van der Waals surface area contributed by atoms with Gasteiger partial charge in [0.1, 0.15) is 5.75 Å². The fraction of sp³-hybridized carbons (Fsp3) is 0.350. The van der Waals surface area contributed by atoms with Gasteiger partial charge in [-0.3, -0.25) is 9.52 Å². The van der Waals surface area contributed by atoms with Gasteiger partial charge in [0, 0.05) is 25.4 Å². The highest BCUT2D eigenvalue weighted by atomic mass is 32.2. The Hall–Kier alpha value is -2.58. The molecule has 0 unspecified atom stereocenters. The van der Waals surface area contributed by atoms with Crippen LogP contribution in [-0.2, 0) is 25.0 Å². The summed E-state index contributed by atoms with van der Waals surface area (Å²) in [5.74, 6) is 0.447.